The number of benzene rings is 1. The fourth-order valence-electron chi connectivity index (χ4n) is 1.27. The number of carbonyl (C=O) groups is 1. The van der Waals surface area contributed by atoms with Gasteiger partial charge in [0, 0.05) is 10.8 Å². The Morgan fingerprint density at radius 1 is 1.56 bits per heavy atom. The fourth-order valence-corrected chi connectivity index (χ4v) is 1.76. The lowest BCUT2D eigenvalue weighted by Gasteiger charge is -2.07. The topological polar surface area (TPSA) is 50.1 Å². The quantitative estimate of drug-likeness (QED) is 0.512. The highest BCUT2D eigenvalue weighted by atomic mass is 35.5. The molecular weight excluding hydrogens is 246 g/mol. The molecular formula is C11H10ClNO2S. The van der Waals surface area contributed by atoms with E-state index < -0.39 is 0 Å². The van der Waals surface area contributed by atoms with Crippen molar-refractivity contribution in [3.8, 4) is 6.07 Å². The van der Waals surface area contributed by atoms with Gasteiger partial charge in [0.15, 0.2) is 0 Å². The highest BCUT2D eigenvalue weighted by molar-refractivity contribution is 7.80. The molecule has 0 aliphatic heterocycles. The summed E-state index contributed by atoms with van der Waals surface area (Å²) in [6.07, 6.45) is 0.130. The van der Waals surface area contributed by atoms with Crippen LogP contribution in [0.1, 0.15) is 16.7 Å². The second-order valence-electron chi connectivity index (χ2n) is 3.14. The van der Waals surface area contributed by atoms with Gasteiger partial charge in [-0.25, -0.2) is 0 Å². The number of ether oxygens (including phenoxy) is 1. The zero-order chi connectivity index (χ0) is 12.1. The third kappa shape index (κ3) is 2.91. The minimum absolute atomic E-state index is 0.130. The number of halogens is 1. The number of rotatable bonds is 3. The van der Waals surface area contributed by atoms with Crippen LogP contribution in [0.5, 0.6) is 0 Å². The molecule has 1 aromatic carbocycles. The summed E-state index contributed by atoms with van der Waals surface area (Å²) in [6, 6.07) is 5.36. The van der Waals surface area contributed by atoms with Crippen molar-refractivity contribution in [1.29, 1.82) is 5.26 Å². The number of nitrogens with zero attached hydrogens (tertiary/aromatic N) is 1. The summed E-state index contributed by atoms with van der Waals surface area (Å²) in [5.74, 6) is -0.119. The Morgan fingerprint density at radius 3 is 2.75 bits per heavy atom. The zero-order valence-corrected chi connectivity index (χ0v) is 10.3. The molecule has 0 aliphatic rings. The van der Waals surface area contributed by atoms with Crippen molar-refractivity contribution in [2.75, 3.05) is 7.11 Å². The van der Waals surface area contributed by atoms with Gasteiger partial charge in [0.25, 0.3) is 0 Å². The van der Waals surface area contributed by atoms with Crippen LogP contribution in [0, 0.1) is 11.3 Å². The molecule has 0 spiro atoms. The smallest absolute Gasteiger partial charge is 0.310 e. The molecule has 0 radical (unpaired) electrons. The van der Waals surface area contributed by atoms with Gasteiger partial charge in [0.2, 0.25) is 0 Å². The van der Waals surface area contributed by atoms with E-state index in [9.17, 15) is 4.79 Å². The van der Waals surface area contributed by atoms with Crippen molar-refractivity contribution in [2.24, 2.45) is 0 Å². The second kappa shape index (κ2) is 5.78. The molecule has 0 bridgehead atoms. The van der Waals surface area contributed by atoms with Crippen molar-refractivity contribution in [1.82, 2.24) is 0 Å². The van der Waals surface area contributed by atoms with E-state index in [4.69, 9.17) is 16.9 Å². The Kier molecular flexibility index (Phi) is 4.66. The third-order valence-corrected chi connectivity index (χ3v) is 2.84. The Balaban J connectivity index is 3.12. The average Bonchev–Trinajstić information content (AvgIpc) is 2.30. The van der Waals surface area contributed by atoms with Crippen molar-refractivity contribution in [2.45, 2.75) is 17.2 Å². The van der Waals surface area contributed by atoms with Crippen LogP contribution >= 0.6 is 24.2 Å². The van der Waals surface area contributed by atoms with Gasteiger partial charge in [-0.15, -0.1) is 24.2 Å². The number of nitriles is 1. The summed E-state index contributed by atoms with van der Waals surface area (Å²) in [5.41, 5.74) is 1.89. The number of methoxy groups -OCH3 is 1. The molecule has 3 nitrogen and oxygen atoms in total. The standard InChI is InChI=1S/C11H10ClNO2S/c1-15-11(14)4-7-2-8(5-12)9(6-13)3-10(7)16/h2-3,16H,4-5H2,1H3. The van der Waals surface area contributed by atoms with Crippen LogP contribution in [-0.4, -0.2) is 13.1 Å². The SMILES string of the molecule is COC(=O)Cc1cc(CCl)c(C#N)cc1S. The summed E-state index contributed by atoms with van der Waals surface area (Å²) in [6.45, 7) is 0. The molecule has 84 valence electrons. The van der Waals surface area contributed by atoms with Gasteiger partial charge < -0.3 is 4.74 Å². The first-order valence-electron chi connectivity index (χ1n) is 4.50. The van der Waals surface area contributed by atoms with E-state index in [0.29, 0.717) is 21.6 Å². The Bertz CT molecular complexity index is 454. The van der Waals surface area contributed by atoms with E-state index in [1.807, 2.05) is 6.07 Å². The van der Waals surface area contributed by atoms with Crippen molar-refractivity contribution >= 4 is 30.2 Å². The number of thiol groups is 1. The van der Waals surface area contributed by atoms with Gasteiger partial charge >= 0.3 is 5.97 Å². The van der Waals surface area contributed by atoms with Gasteiger partial charge in [-0.2, -0.15) is 5.26 Å². The van der Waals surface area contributed by atoms with Crippen molar-refractivity contribution < 1.29 is 9.53 Å². The van der Waals surface area contributed by atoms with Crippen LogP contribution in [0.3, 0.4) is 0 Å². The van der Waals surface area contributed by atoms with Crippen LogP contribution in [0.2, 0.25) is 0 Å². The second-order valence-corrected chi connectivity index (χ2v) is 3.89. The molecule has 0 fully saturated rings. The van der Waals surface area contributed by atoms with Gasteiger partial charge in [-0.05, 0) is 17.2 Å². The maximum atomic E-state index is 11.1. The molecule has 16 heavy (non-hydrogen) atoms. The first kappa shape index (κ1) is 12.9. The summed E-state index contributed by atoms with van der Waals surface area (Å²) in [4.78, 5) is 11.7. The number of hydrogen-bond donors (Lipinski definition) is 1. The van der Waals surface area contributed by atoms with Gasteiger partial charge in [0.1, 0.15) is 0 Å². The van der Waals surface area contributed by atoms with Crippen LogP contribution in [0.4, 0.5) is 0 Å². The molecule has 0 heterocycles. The normalized spacial score (nSPS) is 9.62. The molecule has 0 atom stereocenters. The van der Waals surface area contributed by atoms with E-state index in [0.717, 1.165) is 0 Å². The maximum Gasteiger partial charge on any atom is 0.310 e. The molecule has 0 saturated carbocycles. The molecule has 0 N–H and O–H groups in total. The predicted molar refractivity (Wildman–Crippen MR) is 63.7 cm³/mol. The number of esters is 1. The van der Waals surface area contributed by atoms with E-state index in [-0.39, 0.29) is 18.3 Å². The minimum Gasteiger partial charge on any atom is -0.469 e. The maximum absolute atomic E-state index is 11.1. The third-order valence-electron chi connectivity index (χ3n) is 2.13. The molecule has 1 aromatic rings. The molecule has 0 aromatic heterocycles. The van der Waals surface area contributed by atoms with E-state index in [1.54, 1.807) is 12.1 Å². The number of alkyl halides is 1. The summed E-state index contributed by atoms with van der Waals surface area (Å²) in [5, 5.41) is 8.86. The van der Waals surface area contributed by atoms with Crippen LogP contribution in [0.15, 0.2) is 17.0 Å². The monoisotopic (exact) mass is 255 g/mol. The molecule has 0 unspecified atom stereocenters. The van der Waals surface area contributed by atoms with E-state index in [1.165, 1.54) is 7.11 Å². The highest BCUT2D eigenvalue weighted by Gasteiger charge is 2.10. The summed E-state index contributed by atoms with van der Waals surface area (Å²) in [7, 11) is 1.33. The fraction of sp³-hybridized carbons (Fsp3) is 0.273. The Hall–Kier alpha value is -1.18. The van der Waals surface area contributed by atoms with Crippen LogP contribution < -0.4 is 0 Å². The minimum atomic E-state index is -0.347. The van der Waals surface area contributed by atoms with Gasteiger partial charge in [-0.3, -0.25) is 4.79 Å². The first-order chi connectivity index (χ1) is 7.62. The highest BCUT2D eigenvalue weighted by Crippen LogP contribution is 2.22. The van der Waals surface area contributed by atoms with Gasteiger partial charge in [-0.1, -0.05) is 6.07 Å². The van der Waals surface area contributed by atoms with Crippen molar-refractivity contribution in [3.63, 3.8) is 0 Å². The summed E-state index contributed by atoms with van der Waals surface area (Å²) >= 11 is 9.93. The van der Waals surface area contributed by atoms with E-state index >= 15 is 0 Å². The average molecular weight is 256 g/mol. The first-order valence-corrected chi connectivity index (χ1v) is 5.48. The molecule has 5 heteroatoms. The lowest BCUT2D eigenvalue weighted by Crippen LogP contribution is -2.06. The molecule has 1 rings (SSSR count). The van der Waals surface area contributed by atoms with Gasteiger partial charge in [0.05, 0.1) is 25.2 Å². The molecule has 0 saturated heterocycles. The summed E-state index contributed by atoms with van der Waals surface area (Å²) < 4.78 is 4.57. The van der Waals surface area contributed by atoms with Crippen molar-refractivity contribution in [3.05, 3.63) is 28.8 Å². The van der Waals surface area contributed by atoms with Crippen LogP contribution in [-0.2, 0) is 21.8 Å². The van der Waals surface area contributed by atoms with E-state index in [2.05, 4.69) is 17.4 Å². The number of carbonyl (C=O) groups excluding carboxylic acids is 1. The largest absolute Gasteiger partial charge is 0.469 e. The lowest BCUT2D eigenvalue weighted by molar-refractivity contribution is -0.139. The zero-order valence-electron chi connectivity index (χ0n) is 8.66. The predicted octanol–water partition coefficient (Wildman–Crippen LogP) is 2.30. The number of hydrogen-bond acceptors (Lipinski definition) is 4. The Morgan fingerprint density at radius 2 is 2.25 bits per heavy atom. The Labute approximate surface area is 104 Å². The lowest BCUT2D eigenvalue weighted by atomic mass is 10.0. The van der Waals surface area contributed by atoms with Crippen LogP contribution in [0.25, 0.3) is 0 Å². The molecule has 0 aliphatic carbocycles. The molecule has 0 amide bonds.